The number of amides is 1. The van der Waals surface area contributed by atoms with Gasteiger partial charge in [0.1, 0.15) is 0 Å². The lowest BCUT2D eigenvalue weighted by Gasteiger charge is -1.94. The summed E-state index contributed by atoms with van der Waals surface area (Å²) in [5.41, 5.74) is 10.3. The molecule has 0 aliphatic carbocycles. The van der Waals surface area contributed by atoms with Crippen LogP contribution in [-0.2, 0) is 4.79 Å². The largest absolute Gasteiger partial charge is 0.409 e. The molecule has 0 saturated carbocycles. The zero-order chi connectivity index (χ0) is 10.6. The maximum atomic E-state index is 10.5. The predicted molar refractivity (Wildman–Crippen MR) is 46.7 cm³/mol. The number of carbonyl (C=O) groups excluding carboxylic acids is 1. The number of rotatable bonds is 4. The van der Waals surface area contributed by atoms with Crippen molar-refractivity contribution in [1.29, 1.82) is 0 Å². The monoisotopic (exact) mass is 217 g/mol. The van der Waals surface area contributed by atoms with Gasteiger partial charge >= 0.3 is 0 Å². The number of oxime groups is 1. The summed E-state index contributed by atoms with van der Waals surface area (Å²) in [7, 11) is 0. The Morgan fingerprint density at radius 1 is 1.57 bits per heavy atom. The van der Waals surface area contributed by atoms with E-state index in [2.05, 4.69) is 20.1 Å². The Labute approximate surface area is 82.3 Å². The van der Waals surface area contributed by atoms with Crippen LogP contribution in [0.15, 0.2) is 14.8 Å². The molecule has 0 atom stereocenters. The van der Waals surface area contributed by atoms with E-state index in [9.17, 15) is 4.79 Å². The van der Waals surface area contributed by atoms with Crippen molar-refractivity contribution in [3.8, 4) is 0 Å². The molecular formula is C5H7N5O3S. The maximum absolute atomic E-state index is 10.5. The van der Waals surface area contributed by atoms with E-state index in [1.54, 1.807) is 0 Å². The Hall–Kier alpha value is -1.77. The van der Waals surface area contributed by atoms with Gasteiger partial charge in [-0.2, -0.15) is 0 Å². The second kappa shape index (κ2) is 4.46. The molecule has 0 fully saturated rings. The average Bonchev–Trinajstić information content (AvgIpc) is 2.61. The van der Waals surface area contributed by atoms with Gasteiger partial charge in [-0.3, -0.25) is 4.79 Å². The van der Waals surface area contributed by atoms with Crippen molar-refractivity contribution < 1.29 is 14.6 Å². The molecule has 1 rings (SSSR count). The number of hydrogen-bond acceptors (Lipinski definition) is 7. The molecular weight excluding hydrogens is 210 g/mol. The quantitative estimate of drug-likeness (QED) is 0.188. The first-order chi connectivity index (χ1) is 6.65. The lowest BCUT2D eigenvalue weighted by molar-refractivity contribution is -0.115. The standard InChI is InChI=1S/C5H7N5O3S/c6-2(11)1-14-5-3(4(7)8-12)9-13-10-5/h12H,1H2,(H2,6,11)(H2,7,8). The number of nitrogens with two attached hydrogens (primary N) is 2. The number of primary amides is 1. The minimum absolute atomic E-state index is 0.0138. The van der Waals surface area contributed by atoms with Crippen molar-refractivity contribution in [1.82, 2.24) is 10.3 Å². The van der Waals surface area contributed by atoms with Crippen molar-refractivity contribution in [2.75, 3.05) is 5.75 Å². The van der Waals surface area contributed by atoms with Crippen molar-refractivity contribution in [2.45, 2.75) is 5.03 Å². The van der Waals surface area contributed by atoms with Crippen LogP contribution in [0.5, 0.6) is 0 Å². The highest BCUT2D eigenvalue weighted by Gasteiger charge is 2.15. The average molecular weight is 217 g/mol. The summed E-state index contributed by atoms with van der Waals surface area (Å²) >= 11 is 0.992. The second-order valence-electron chi connectivity index (χ2n) is 2.16. The molecule has 14 heavy (non-hydrogen) atoms. The Kier molecular flexibility index (Phi) is 3.29. The molecule has 0 aromatic carbocycles. The Morgan fingerprint density at radius 3 is 2.86 bits per heavy atom. The van der Waals surface area contributed by atoms with Crippen molar-refractivity contribution in [3.05, 3.63) is 5.69 Å². The Balaban J connectivity index is 2.77. The minimum Gasteiger partial charge on any atom is -0.409 e. The molecule has 0 bridgehead atoms. The van der Waals surface area contributed by atoms with Crippen LogP contribution in [0.3, 0.4) is 0 Å². The Bertz CT molecular complexity index is 362. The summed E-state index contributed by atoms with van der Waals surface area (Å²) < 4.78 is 4.36. The maximum Gasteiger partial charge on any atom is 0.227 e. The van der Waals surface area contributed by atoms with Crippen LogP contribution < -0.4 is 11.5 Å². The fraction of sp³-hybridized carbons (Fsp3) is 0.200. The smallest absolute Gasteiger partial charge is 0.227 e. The van der Waals surface area contributed by atoms with Gasteiger partial charge in [-0.1, -0.05) is 16.9 Å². The summed E-state index contributed by atoms with van der Waals surface area (Å²) in [6, 6.07) is 0. The Morgan fingerprint density at radius 2 is 2.29 bits per heavy atom. The van der Waals surface area contributed by atoms with Gasteiger partial charge in [-0.05, 0) is 10.3 Å². The first kappa shape index (κ1) is 10.3. The topological polar surface area (TPSA) is 141 Å². The third kappa shape index (κ3) is 2.36. The fourth-order valence-corrected chi connectivity index (χ4v) is 1.26. The number of aromatic nitrogens is 2. The molecule has 0 unspecified atom stereocenters. The molecule has 0 saturated heterocycles. The van der Waals surface area contributed by atoms with Crippen molar-refractivity contribution in [3.63, 3.8) is 0 Å². The van der Waals surface area contributed by atoms with E-state index in [4.69, 9.17) is 16.7 Å². The number of hydrogen-bond donors (Lipinski definition) is 3. The van der Waals surface area contributed by atoms with E-state index in [1.165, 1.54) is 0 Å². The highest BCUT2D eigenvalue weighted by atomic mass is 32.2. The van der Waals surface area contributed by atoms with Crippen LogP contribution in [-0.4, -0.2) is 33.0 Å². The van der Waals surface area contributed by atoms with Crippen LogP contribution in [0.4, 0.5) is 0 Å². The molecule has 1 aromatic heterocycles. The summed E-state index contributed by atoms with van der Waals surface area (Å²) in [6.07, 6.45) is 0. The van der Waals surface area contributed by atoms with E-state index in [1.807, 2.05) is 0 Å². The molecule has 0 aliphatic rings. The van der Waals surface area contributed by atoms with Gasteiger partial charge in [0.25, 0.3) is 0 Å². The van der Waals surface area contributed by atoms with Gasteiger partial charge in [0.15, 0.2) is 16.6 Å². The van der Waals surface area contributed by atoms with E-state index in [-0.39, 0.29) is 22.3 Å². The molecule has 1 heterocycles. The lowest BCUT2D eigenvalue weighted by Crippen LogP contribution is -2.16. The number of amidine groups is 1. The molecule has 1 aromatic rings. The summed E-state index contributed by atoms with van der Waals surface area (Å²) in [5.74, 6) is -0.735. The van der Waals surface area contributed by atoms with E-state index >= 15 is 0 Å². The second-order valence-corrected chi connectivity index (χ2v) is 3.12. The lowest BCUT2D eigenvalue weighted by atomic mass is 10.4. The van der Waals surface area contributed by atoms with Crippen LogP contribution in [0.1, 0.15) is 5.69 Å². The molecule has 76 valence electrons. The van der Waals surface area contributed by atoms with Crippen LogP contribution in [0.2, 0.25) is 0 Å². The van der Waals surface area contributed by atoms with Gasteiger partial charge in [0.2, 0.25) is 5.91 Å². The van der Waals surface area contributed by atoms with Crippen molar-refractivity contribution >= 4 is 23.5 Å². The normalized spacial score (nSPS) is 11.6. The highest BCUT2D eigenvalue weighted by Crippen LogP contribution is 2.17. The van der Waals surface area contributed by atoms with Gasteiger partial charge in [-0.15, -0.1) is 0 Å². The summed E-state index contributed by atoms with van der Waals surface area (Å²) in [5, 5.41) is 18.2. The molecule has 0 radical (unpaired) electrons. The number of carbonyl (C=O) groups is 1. The summed E-state index contributed by atoms with van der Waals surface area (Å²) in [4.78, 5) is 10.5. The van der Waals surface area contributed by atoms with Crippen LogP contribution >= 0.6 is 11.8 Å². The van der Waals surface area contributed by atoms with Crippen molar-refractivity contribution in [2.24, 2.45) is 16.6 Å². The van der Waals surface area contributed by atoms with E-state index in [0.717, 1.165) is 11.8 Å². The molecule has 1 amide bonds. The van der Waals surface area contributed by atoms with E-state index < -0.39 is 5.91 Å². The van der Waals surface area contributed by atoms with E-state index in [0.29, 0.717) is 0 Å². The third-order valence-corrected chi connectivity index (χ3v) is 2.13. The minimum atomic E-state index is -0.511. The fourth-order valence-electron chi connectivity index (χ4n) is 0.618. The van der Waals surface area contributed by atoms with Gasteiger partial charge < -0.3 is 16.7 Å². The summed E-state index contributed by atoms with van der Waals surface area (Å²) in [6.45, 7) is 0. The molecule has 9 heteroatoms. The number of nitrogens with zero attached hydrogens (tertiary/aromatic N) is 3. The highest BCUT2D eigenvalue weighted by molar-refractivity contribution is 8.00. The molecule has 0 spiro atoms. The van der Waals surface area contributed by atoms with Gasteiger partial charge in [-0.25, -0.2) is 4.63 Å². The van der Waals surface area contributed by atoms with Crippen LogP contribution in [0, 0.1) is 0 Å². The molecule has 8 nitrogen and oxygen atoms in total. The van der Waals surface area contributed by atoms with Gasteiger partial charge in [0.05, 0.1) is 5.75 Å². The van der Waals surface area contributed by atoms with Crippen LogP contribution in [0.25, 0.3) is 0 Å². The first-order valence-corrected chi connectivity index (χ1v) is 4.35. The number of thioether (sulfide) groups is 1. The third-order valence-electron chi connectivity index (χ3n) is 1.16. The first-order valence-electron chi connectivity index (χ1n) is 3.36. The molecule has 0 aliphatic heterocycles. The zero-order valence-electron chi connectivity index (χ0n) is 6.88. The zero-order valence-corrected chi connectivity index (χ0v) is 7.69. The predicted octanol–water partition coefficient (Wildman–Crippen LogP) is -1.26. The SMILES string of the molecule is NC(=O)CSc1nonc1/C(N)=N/O. The van der Waals surface area contributed by atoms with Gasteiger partial charge in [0, 0.05) is 0 Å². The molecule has 5 N–H and O–H groups in total.